The zero-order valence-electron chi connectivity index (χ0n) is 12.3. The Labute approximate surface area is 122 Å². The number of nitrogens with one attached hydrogen (secondary N) is 1. The Hall–Kier alpha value is -0.470. The van der Waals surface area contributed by atoms with Crippen molar-refractivity contribution in [3.8, 4) is 0 Å². The summed E-state index contributed by atoms with van der Waals surface area (Å²) in [7, 11) is 0. The summed E-state index contributed by atoms with van der Waals surface area (Å²) >= 11 is 2.04. The maximum Gasteiger partial charge on any atom is 0.0107 e. The molecule has 1 aromatic rings. The van der Waals surface area contributed by atoms with Crippen molar-refractivity contribution in [2.75, 3.05) is 12.3 Å². The molecule has 0 saturated heterocycles. The van der Waals surface area contributed by atoms with Crippen LogP contribution in [0.25, 0.3) is 0 Å². The summed E-state index contributed by atoms with van der Waals surface area (Å²) in [6, 6.07) is 9.68. The van der Waals surface area contributed by atoms with Crippen LogP contribution in [0, 0.1) is 0 Å². The van der Waals surface area contributed by atoms with Crippen LogP contribution in [-0.4, -0.2) is 18.3 Å². The van der Waals surface area contributed by atoms with Crippen molar-refractivity contribution < 1.29 is 0 Å². The average Bonchev–Trinajstić information content (AvgIpc) is 2.85. The maximum absolute atomic E-state index is 3.71. The van der Waals surface area contributed by atoms with E-state index in [2.05, 4.69) is 43.4 Å². The minimum absolute atomic E-state index is 0.725. The molecule has 106 valence electrons. The molecule has 0 aliphatic carbocycles. The van der Waals surface area contributed by atoms with E-state index in [9.17, 15) is 0 Å². The largest absolute Gasteiger partial charge is 0.314 e. The summed E-state index contributed by atoms with van der Waals surface area (Å²) in [6.45, 7) is 5.71. The van der Waals surface area contributed by atoms with Gasteiger partial charge in [0.25, 0.3) is 0 Å². The van der Waals surface area contributed by atoms with Gasteiger partial charge >= 0.3 is 0 Å². The molecule has 0 radical (unpaired) electrons. The molecular formula is C17H27NS. The van der Waals surface area contributed by atoms with Crippen LogP contribution in [0.3, 0.4) is 0 Å². The number of rotatable bonds is 8. The van der Waals surface area contributed by atoms with E-state index in [-0.39, 0.29) is 0 Å². The lowest BCUT2D eigenvalue weighted by Gasteiger charge is -2.20. The van der Waals surface area contributed by atoms with Gasteiger partial charge in [-0.25, -0.2) is 0 Å². The molecule has 1 heterocycles. The summed E-state index contributed by atoms with van der Waals surface area (Å²) in [5, 5.41) is 3.71. The Morgan fingerprint density at radius 1 is 1.21 bits per heavy atom. The average molecular weight is 277 g/mol. The van der Waals surface area contributed by atoms with E-state index in [0.717, 1.165) is 12.0 Å². The highest BCUT2D eigenvalue weighted by molar-refractivity contribution is 7.99. The van der Waals surface area contributed by atoms with E-state index in [1.54, 1.807) is 5.56 Å². The van der Waals surface area contributed by atoms with Crippen LogP contribution in [0.4, 0.5) is 0 Å². The minimum Gasteiger partial charge on any atom is -0.314 e. The molecule has 1 N–H and O–H groups in total. The van der Waals surface area contributed by atoms with Gasteiger partial charge in [0.1, 0.15) is 0 Å². The lowest BCUT2D eigenvalue weighted by atomic mass is 9.93. The van der Waals surface area contributed by atoms with Crippen molar-refractivity contribution in [1.29, 1.82) is 0 Å². The summed E-state index contributed by atoms with van der Waals surface area (Å²) in [4.78, 5) is 1.51. The molecule has 0 spiro atoms. The van der Waals surface area contributed by atoms with Crippen molar-refractivity contribution in [3.63, 3.8) is 0 Å². The molecule has 0 aromatic heterocycles. The Bertz CT molecular complexity index is 377. The van der Waals surface area contributed by atoms with Crippen LogP contribution in [-0.2, 0) is 0 Å². The first-order valence-corrected chi connectivity index (χ1v) is 8.78. The monoisotopic (exact) mass is 277 g/mol. The van der Waals surface area contributed by atoms with Crippen LogP contribution < -0.4 is 5.32 Å². The van der Waals surface area contributed by atoms with Gasteiger partial charge in [-0.1, -0.05) is 38.5 Å². The Morgan fingerprint density at radius 2 is 2.05 bits per heavy atom. The Kier molecular flexibility index (Phi) is 6.25. The molecule has 1 aliphatic heterocycles. The number of fused-ring (bicyclic) bond motifs is 1. The van der Waals surface area contributed by atoms with Gasteiger partial charge < -0.3 is 5.32 Å². The van der Waals surface area contributed by atoms with Crippen LogP contribution in [0.1, 0.15) is 57.4 Å². The lowest BCUT2D eigenvalue weighted by molar-refractivity contribution is 0.425. The van der Waals surface area contributed by atoms with Gasteiger partial charge in [-0.2, -0.15) is 0 Å². The molecule has 0 bridgehead atoms. The predicted octanol–water partition coefficient (Wildman–Crippen LogP) is 4.82. The van der Waals surface area contributed by atoms with Gasteiger partial charge in [0.05, 0.1) is 0 Å². The summed E-state index contributed by atoms with van der Waals surface area (Å²) in [5.41, 5.74) is 1.60. The summed E-state index contributed by atoms with van der Waals surface area (Å²) in [5.74, 6) is 2.07. The SMILES string of the molecule is CCCNC(CCC)CCC1CSc2ccccc21. The summed E-state index contributed by atoms with van der Waals surface area (Å²) in [6.07, 6.45) is 6.51. The van der Waals surface area contributed by atoms with Gasteiger partial charge in [-0.05, 0) is 49.8 Å². The Morgan fingerprint density at radius 3 is 2.84 bits per heavy atom. The van der Waals surface area contributed by atoms with Crippen molar-refractivity contribution >= 4 is 11.8 Å². The standard InChI is InChI=1S/C17H27NS/c1-3-7-15(18-12-4-2)11-10-14-13-19-17-9-6-5-8-16(14)17/h5-6,8-9,14-15,18H,3-4,7,10-13H2,1-2H3. The van der Waals surface area contributed by atoms with Gasteiger partial charge in [0.2, 0.25) is 0 Å². The highest BCUT2D eigenvalue weighted by Gasteiger charge is 2.23. The number of hydrogen-bond acceptors (Lipinski definition) is 2. The smallest absolute Gasteiger partial charge is 0.0107 e. The maximum atomic E-state index is 3.71. The molecule has 0 saturated carbocycles. The molecule has 1 aliphatic rings. The highest BCUT2D eigenvalue weighted by Crippen LogP contribution is 2.41. The molecule has 0 fully saturated rings. The fourth-order valence-corrected chi connectivity index (χ4v) is 4.22. The molecular weight excluding hydrogens is 250 g/mol. The van der Waals surface area contributed by atoms with Crippen LogP contribution in [0.5, 0.6) is 0 Å². The quantitative estimate of drug-likeness (QED) is 0.731. The van der Waals surface area contributed by atoms with Crippen LogP contribution in [0.2, 0.25) is 0 Å². The first kappa shape index (κ1) is 14.9. The van der Waals surface area contributed by atoms with Crippen molar-refractivity contribution in [2.24, 2.45) is 0 Å². The van der Waals surface area contributed by atoms with E-state index in [1.807, 2.05) is 11.8 Å². The first-order valence-electron chi connectivity index (χ1n) is 7.80. The van der Waals surface area contributed by atoms with Gasteiger partial charge in [0, 0.05) is 16.7 Å². The van der Waals surface area contributed by atoms with Gasteiger partial charge in [-0.3, -0.25) is 0 Å². The lowest BCUT2D eigenvalue weighted by Crippen LogP contribution is -2.30. The van der Waals surface area contributed by atoms with E-state index in [1.165, 1.54) is 49.3 Å². The normalized spacial score (nSPS) is 19.4. The highest BCUT2D eigenvalue weighted by atomic mass is 32.2. The van der Waals surface area contributed by atoms with E-state index < -0.39 is 0 Å². The fourth-order valence-electron chi connectivity index (χ4n) is 2.92. The first-order chi connectivity index (χ1) is 9.35. The third-order valence-electron chi connectivity index (χ3n) is 3.98. The molecule has 0 amide bonds. The van der Waals surface area contributed by atoms with Crippen molar-refractivity contribution in [2.45, 2.75) is 62.8 Å². The summed E-state index contributed by atoms with van der Waals surface area (Å²) < 4.78 is 0. The third-order valence-corrected chi connectivity index (χ3v) is 5.23. The van der Waals surface area contributed by atoms with Crippen molar-refractivity contribution in [1.82, 2.24) is 5.32 Å². The zero-order valence-corrected chi connectivity index (χ0v) is 13.1. The van der Waals surface area contributed by atoms with Crippen LogP contribution >= 0.6 is 11.8 Å². The molecule has 2 rings (SSSR count). The fraction of sp³-hybridized carbons (Fsp3) is 0.647. The minimum atomic E-state index is 0.725. The molecule has 1 aromatic carbocycles. The molecule has 2 atom stereocenters. The third kappa shape index (κ3) is 4.25. The second-order valence-electron chi connectivity index (χ2n) is 5.56. The Balaban J connectivity index is 1.84. The van der Waals surface area contributed by atoms with Gasteiger partial charge in [-0.15, -0.1) is 11.8 Å². The van der Waals surface area contributed by atoms with Crippen LogP contribution in [0.15, 0.2) is 29.2 Å². The topological polar surface area (TPSA) is 12.0 Å². The molecule has 2 unspecified atom stereocenters. The van der Waals surface area contributed by atoms with E-state index in [4.69, 9.17) is 0 Å². The van der Waals surface area contributed by atoms with E-state index >= 15 is 0 Å². The predicted molar refractivity (Wildman–Crippen MR) is 86.1 cm³/mol. The second kappa shape index (κ2) is 7.96. The number of benzene rings is 1. The molecule has 1 nitrogen and oxygen atoms in total. The van der Waals surface area contributed by atoms with Gasteiger partial charge in [0.15, 0.2) is 0 Å². The second-order valence-corrected chi connectivity index (χ2v) is 6.62. The van der Waals surface area contributed by atoms with E-state index in [0.29, 0.717) is 0 Å². The number of thioether (sulfide) groups is 1. The number of hydrogen-bond donors (Lipinski definition) is 1. The zero-order chi connectivity index (χ0) is 13.5. The molecule has 19 heavy (non-hydrogen) atoms. The van der Waals surface area contributed by atoms with Crippen molar-refractivity contribution in [3.05, 3.63) is 29.8 Å². The molecule has 2 heteroatoms.